The van der Waals surface area contributed by atoms with Crippen molar-refractivity contribution < 1.29 is 9.53 Å². The number of ether oxygens (including phenoxy) is 1. The Labute approximate surface area is 127 Å². The molecule has 0 bridgehead atoms. The summed E-state index contributed by atoms with van der Waals surface area (Å²) < 4.78 is 5.61. The SMILES string of the molecule is NC(=O)C1(CNC2CCCC2C2COCCN2)CCCC1. The number of hydrogen-bond acceptors (Lipinski definition) is 4. The second-order valence-corrected chi connectivity index (χ2v) is 7.07. The van der Waals surface area contributed by atoms with E-state index in [1.807, 2.05) is 0 Å². The lowest BCUT2D eigenvalue weighted by Crippen LogP contribution is -2.53. The molecule has 2 saturated carbocycles. The first kappa shape index (κ1) is 15.3. The Morgan fingerprint density at radius 2 is 2.10 bits per heavy atom. The van der Waals surface area contributed by atoms with Crippen LogP contribution in [0.5, 0.6) is 0 Å². The smallest absolute Gasteiger partial charge is 0.224 e. The fourth-order valence-corrected chi connectivity index (χ4v) is 4.47. The minimum atomic E-state index is -0.288. The van der Waals surface area contributed by atoms with Crippen LogP contribution in [0.4, 0.5) is 0 Å². The Balaban J connectivity index is 1.57. The molecule has 3 unspecified atom stereocenters. The average molecular weight is 295 g/mol. The second kappa shape index (κ2) is 6.63. The van der Waals surface area contributed by atoms with E-state index in [1.54, 1.807) is 0 Å². The summed E-state index contributed by atoms with van der Waals surface area (Å²) in [7, 11) is 0. The number of carbonyl (C=O) groups excluding carboxylic acids is 1. The lowest BCUT2D eigenvalue weighted by molar-refractivity contribution is -0.127. The van der Waals surface area contributed by atoms with Gasteiger partial charge in [0.1, 0.15) is 0 Å². The van der Waals surface area contributed by atoms with Gasteiger partial charge < -0.3 is 21.1 Å². The van der Waals surface area contributed by atoms with Gasteiger partial charge in [0.2, 0.25) is 5.91 Å². The molecule has 5 heteroatoms. The summed E-state index contributed by atoms with van der Waals surface area (Å²) in [4.78, 5) is 11.9. The number of rotatable bonds is 5. The number of morpholine rings is 1. The highest BCUT2D eigenvalue weighted by Gasteiger charge is 2.41. The zero-order valence-electron chi connectivity index (χ0n) is 12.9. The third kappa shape index (κ3) is 3.25. The third-order valence-electron chi connectivity index (χ3n) is 5.82. The van der Waals surface area contributed by atoms with E-state index in [0.717, 1.165) is 52.0 Å². The molecule has 4 N–H and O–H groups in total. The Bertz CT molecular complexity index is 363. The van der Waals surface area contributed by atoms with Gasteiger partial charge in [-0.05, 0) is 31.6 Å². The van der Waals surface area contributed by atoms with Gasteiger partial charge in [0.05, 0.1) is 18.6 Å². The zero-order valence-corrected chi connectivity index (χ0v) is 12.9. The fraction of sp³-hybridized carbons (Fsp3) is 0.938. The number of primary amides is 1. The highest BCUT2D eigenvalue weighted by molar-refractivity contribution is 5.81. The van der Waals surface area contributed by atoms with E-state index in [-0.39, 0.29) is 11.3 Å². The third-order valence-corrected chi connectivity index (χ3v) is 5.82. The maximum absolute atomic E-state index is 11.9. The quantitative estimate of drug-likeness (QED) is 0.700. The van der Waals surface area contributed by atoms with E-state index >= 15 is 0 Å². The van der Waals surface area contributed by atoms with Gasteiger partial charge in [-0.25, -0.2) is 0 Å². The standard InChI is InChI=1S/C16H29N3O2/c17-15(20)16(6-1-2-7-16)11-19-13-5-3-4-12(13)14-10-21-9-8-18-14/h12-14,18-19H,1-11H2,(H2,17,20). The minimum Gasteiger partial charge on any atom is -0.379 e. The molecule has 3 fully saturated rings. The van der Waals surface area contributed by atoms with Crippen molar-refractivity contribution in [1.29, 1.82) is 0 Å². The summed E-state index contributed by atoms with van der Waals surface area (Å²) in [6.07, 6.45) is 7.91. The second-order valence-electron chi connectivity index (χ2n) is 7.07. The molecule has 0 aromatic carbocycles. The number of amides is 1. The van der Waals surface area contributed by atoms with E-state index in [2.05, 4.69) is 10.6 Å². The van der Waals surface area contributed by atoms with Gasteiger partial charge in [-0.1, -0.05) is 19.3 Å². The van der Waals surface area contributed by atoms with Gasteiger partial charge >= 0.3 is 0 Å². The molecule has 0 spiro atoms. The number of hydrogen-bond donors (Lipinski definition) is 3. The molecule has 3 rings (SSSR count). The lowest BCUT2D eigenvalue weighted by atomic mass is 9.84. The van der Waals surface area contributed by atoms with Crippen molar-refractivity contribution in [3.05, 3.63) is 0 Å². The van der Waals surface area contributed by atoms with Crippen LogP contribution in [0.25, 0.3) is 0 Å². The highest BCUT2D eigenvalue weighted by Crippen LogP contribution is 2.38. The molecule has 3 aliphatic rings. The van der Waals surface area contributed by atoms with Crippen LogP contribution in [0.3, 0.4) is 0 Å². The van der Waals surface area contributed by atoms with E-state index in [9.17, 15) is 4.79 Å². The molecular weight excluding hydrogens is 266 g/mol. The largest absolute Gasteiger partial charge is 0.379 e. The summed E-state index contributed by atoms with van der Waals surface area (Å²) >= 11 is 0. The molecule has 1 saturated heterocycles. The van der Waals surface area contributed by atoms with Crippen molar-refractivity contribution in [3.63, 3.8) is 0 Å². The fourth-order valence-electron chi connectivity index (χ4n) is 4.47. The van der Waals surface area contributed by atoms with Crippen LogP contribution in [0.15, 0.2) is 0 Å². The van der Waals surface area contributed by atoms with Gasteiger partial charge in [0.25, 0.3) is 0 Å². The van der Waals surface area contributed by atoms with Crippen molar-refractivity contribution in [2.75, 3.05) is 26.3 Å². The summed E-state index contributed by atoms with van der Waals surface area (Å²) in [5.74, 6) is 0.512. The van der Waals surface area contributed by atoms with E-state index in [1.165, 1.54) is 19.3 Å². The number of nitrogens with one attached hydrogen (secondary N) is 2. The van der Waals surface area contributed by atoms with E-state index in [0.29, 0.717) is 18.0 Å². The summed E-state index contributed by atoms with van der Waals surface area (Å²) in [6.45, 7) is 3.37. The van der Waals surface area contributed by atoms with Gasteiger partial charge in [-0.3, -0.25) is 4.79 Å². The Hall–Kier alpha value is -0.650. The molecule has 0 aromatic rings. The van der Waals surface area contributed by atoms with Crippen molar-refractivity contribution in [1.82, 2.24) is 10.6 Å². The lowest BCUT2D eigenvalue weighted by Gasteiger charge is -2.35. The number of nitrogens with two attached hydrogens (primary N) is 1. The Kier molecular flexibility index (Phi) is 4.82. The Morgan fingerprint density at radius 1 is 1.29 bits per heavy atom. The molecule has 1 aliphatic heterocycles. The maximum atomic E-state index is 11.9. The highest BCUT2D eigenvalue weighted by atomic mass is 16.5. The molecule has 5 nitrogen and oxygen atoms in total. The maximum Gasteiger partial charge on any atom is 0.224 e. The summed E-state index contributed by atoms with van der Waals surface area (Å²) in [5, 5.41) is 7.29. The van der Waals surface area contributed by atoms with E-state index < -0.39 is 0 Å². The first-order valence-electron chi connectivity index (χ1n) is 8.56. The van der Waals surface area contributed by atoms with Crippen LogP contribution in [0, 0.1) is 11.3 Å². The topological polar surface area (TPSA) is 76.4 Å². The van der Waals surface area contributed by atoms with Crippen LogP contribution in [0.2, 0.25) is 0 Å². The van der Waals surface area contributed by atoms with Crippen molar-refractivity contribution in [2.24, 2.45) is 17.1 Å². The zero-order chi connectivity index (χ0) is 14.7. The molecule has 120 valence electrons. The van der Waals surface area contributed by atoms with Gasteiger partial charge in [0, 0.05) is 25.2 Å². The Morgan fingerprint density at radius 3 is 2.76 bits per heavy atom. The molecule has 0 aromatic heterocycles. The predicted molar refractivity (Wildman–Crippen MR) is 81.8 cm³/mol. The first-order valence-corrected chi connectivity index (χ1v) is 8.56. The van der Waals surface area contributed by atoms with Crippen LogP contribution < -0.4 is 16.4 Å². The molecular formula is C16H29N3O2. The molecule has 3 atom stereocenters. The molecule has 21 heavy (non-hydrogen) atoms. The molecule has 1 heterocycles. The number of carbonyl (C=O) groups is 1. The monoisotopic (exact) mass is 295 g/mol. The predicted octanol–water partition coefficient (Wildman–Crippen LogP) is 0.779. The summed E-state index contributed by atoms with van der Waals surface area (Å²) in [5.41, 5.74) is 5.40. The van der Waals surface area contributed by atoms with Crippen molar-refractivity contribution in [3.8, 4) is 0 Å². The van der Waals surface area contributed by atoms with E-state index in [4.69, 9.17) is 10.5 Å². The van der Waals surface area contributed by atoms with Gasteiger partial charge in [0.15, 0.2) is 0 Å². The molecule has 2 aliphatic carbocycles. The first-order chi connectivity index (χ1) is 10.2. The molecule has 0 radical (unpaired) electrons. The summed E-state index contributed by atoms with van der Waals surface area (Å²) in [6, 6.07) is 0.966. The van der Waals surface area contributed by atoms with Crippen LogP contribution in [0.1, 0.15) is 44.9 Å². The molecule has 1 amide bonds. The average Bonchev–Trinajstić information content (AvgIpc) is 3.16. The normalized spacial score (nSPS) is 35.9. The van der Waals surface area contributed by atoms with Crippen LogP contribution in [-0.4, -0.2) is 44.3 Å². The van der Waals surface area contributed by atoms with Gasteiger partial charge in [-0.15, -0.1) is 0 Å². The van der Waals surface area contributed by atoms with Crippen LogP contribution >= 0.6 is 0 Å². The van der Waals surface area contributed by atoms with Crippen LogP contribution in [-0.2, 0) is 9.53 Å². The minimum absolute atomic E-state index is 0.110. The van der Waals surface area contributed by atoms with Crippen molar-refractivity contribution in [2.45, 2.75) is 57.0 Å². The van der Waals surface area contributed by atoms with Crippen molar-refractivity contribution >= 4 is 5.91 Å². The van der Waals surface area contributed by atoms with Gasteiger partial charge in [-0.2, -0.15) is 0 Å².